The zero-order chi connectivity index (χ0) is 20.3. The van der Waals surface area contributed by atoms with E-state index in [1.807, 2.05) is 28.8 Å². The summed E-state index contributed by atoms with van der Waals surface area (Å²) in [5.41, 5.74) is 0.896. The van der Waals surface area contributed by atoms with Crippen molar-refractivity contribution in [3.63, 3.8) is 0 Å². The summed E-state index contributed by atoms with van der Waals surface area (Å²) in [7, 11) is 4.12. The minimum Gasteiger partial charge on any atom is -0.360 e. The molecule has 10 heteroatoms. The Hall–Kier alpha value is -2.36. The summed E-state index contributed by atoms with van der Waals surface area (Å²) in [5, 5.41) is 16.5. The molecule has 28 heavy (non-hydrogen) atoms. The third-order valence-corrected chi connectivity index (χ3v) is 5.41. The predicted molar refractivity (Wildman–Crippen MR) is 108 cm³/mol. The Morgan fingerprint density at radius 2 is 2.04 bits per heavy atom. The van der Waals surface area contributed by atoms with Crippen molar-refractivity contribution in [3.05, 3.63) is 46.9 Å². The van der Waals surface area contributed by atoms with Gasteiger partial charge in [-0.25, -0.2) is 0 Å². The SMILES string of the molecule is Cc1cc(NC(=O)CSc2nnc([C@@H](C)[NH+](C)C)n2-c2ccc(Cl)cc2)no1. The molecular weight excluding hydrogens is 400 g/mol. The van der Waals surface area contributed by atoms with E-state index in [0.717, 1.165) is 11.5 Å². The first kappa shape index (κ1) is 20.4. The molecule has 0 bridgehead atoms. The van der Waals surface area contributed by atoms with E-state index in [9.17, 15) is 4.79 Å². The highest BCUT2D eigenvalue weighted by atomic mass is 35.5. The van der Waals surface area contributed by atoms with Crippen LogP contribution in [0.4, 0.5) is 5.82 Å². The summed E-state index contributed by atoms with van der Waals surface area (Å²) in [5.74, 6) is 1.82. The second-order valence-electron chi connectivity index (χ2n) is 6.61. The van der Waals surface area contributed by atoms with Crippen molar-refractivity contribution in [1.82, 2.24) is 19.9 Å². The summed E-state index contributed by atoms with van der Waals surface area (Å²) in [4.78, 5) is 13.5. The molecule has 0 aliphatic heterocycles. The van der Waals surface area contributed by atoms with E-state index in [4.69, 9.17) is 16.1 Å². The lowest BCUT2D eigenvalue weighted by atomic mass is 10.2. The molecule has 3 aromatic rings. The molecule has 2 N–H and O–H groups in total. The third-order valence-electron chi connectivity index (χ3n) is 4.22. The van der Waals surface area contributed by atoms with Crippen LogP contribution in [0.5, 0.6) is 0 Å². The molecule has 8 nitrogen and oxygen atoms in total. The van der Waals surface area contributed by atoms with Gasteiger partial charge in [0.1, 0.15) is 11.8 Å². The van der Waals surface area contributed by atoms with Gasteiger partial charge >= 0.3 is 0 Å². The average Bonchev–Trinajstić information content (AvgIpc) is 3.26. The highest BCUT2D eigenvalue weighted by molar-refractivity contribution is 7.99. The van der Waals surface area contributed by atoms with E-state index in [1.165, 1.54) is 16.7 Å². The number of nitrogens with one attached hydrogen (secondary N) is 2. The monoisotopic (exact) mass is 421 g/mol. The molecule has 0 fully saturated rings. The van der Waals surface area contributed by atoms with Crippen LogP contribution in [0.15, 0.2) is 40.0 Å². The first-order valence-electron chi connectivity index (χ1n) is 8.72. The minimum atomic E-state index is -0.197. The van der Waals surface area contributed by atoms with E-state index >= 15 is 0 Å². The maximum absolute atomic E-state index is 12.2. The lowest BCUT2D eigenvalue weighted by Gasteiger charge is -2.18. The molecule has 0 saturated heterocycles. The van der Waals surface area contributed by atoms with E-state index in [0.29, 0.717) is 21.8 Å². The number of amides is 1. The van der Waals surface area contributed by atoms with Gasteiger partial charge in [0.05, 0.1) is 19.8 Å². The molecule has 0 aliphatic rings. The molecule has 1 aromatic carbocycles. The Balaban J connectivity index is 1.82. The van der Waals surface area contributed by atoms with Gasteiger partial charge in [-0.1, -0.05) is 28.5 Å². The molecule has 0 aliphatic carbocycles. The van der Waals surface area contributed by atoms with Crippen LogP contribution in [-0.2, 0) is 4.79 Å². The van der Waals surface area contributed by atoms with Crippen LogP contribution >= 0.6 is 23.4 Å². The second kappa shape index (κ2) is 8.76. The summed E-state index contributed by atoms with van der Waals surface area (Å²) in [6, 6.07) is 9.25. The molecule has 2 heterocycles. The highest BCUT2D eigenvalue weighted by Crippen LogP contribution is 2.25. The van der Waals surface area contributed by atoms with Crippen LogP contribution in [0.25, 0.3) is 5.69 Å². The first-order chi connectivity index (χ1) is 13.3. The molecule has 0 radical (unpaired) electrons. The normalized spacial score (nSPS) is 12.4. The van der Waals surface area contributed by atoms with Gasteiger partial charge in [-0.3, -0.25) is 9.36 Å². The lowest BCUT2D eigenvalue weighted by molar-refractivity contribution is -0.890. The van der Waals surface area contributed by atoms with Crippen molar-refractivity contribution in [2.75, 3.05) is 25.2 Å². The second-order valence-corrected chi connectivity index (χ2v) is 7.99. The van der Waals surface area contributed by atoms with Crippen molar-refractivity contribution in [2.45, 2.75) is 25.0 Å². The topological polar surface area (TPSA) is 90.3 Å². The number of halogens is 1. The zero-order valence-corrected chi connectivity index (χ0v) is 17.6. The van der Waals surface area contributed by atoms with E-state index in [2.05, 4.69) is 41.7 Å². The Morgan fingerprint density at radius 1 is 1.32 bits per heavy atom. The Kier molecular flexibility index (Phi) is 6.38. The van der Waals surface area contributed by atoms with Gasteiger partial charge in [-0.05, 0) is 38.1 Å². The Bertz CT molecular complexity index is 953. The fourth-order valence-corrected chi connectivity index (χ4v) is 3.37. The maximum atomic E-state index is 12.2. The fraction of sp³-hybridized carbons (Fsp3) is 0.333. The summed E-state index contributed by atoms with van der Waals surface area (Å²) in [6.45, 7) is 3.85. The highest BCUT2D eigenvalue weighted by Gasteiger charge is 2.24. The van der Waals surface area contributed by atoms with Gasteiger partial charge < -0.3 is 14.7 Å². The number of carbonyl (C=O) groups is 1. The fourth-order valence-electron chi connectivity index (χ4n) is 2.48. The number of hydrogen-bond acceptors (Lipinski definition) is 6. The molecule has 0 spiro atoms. The van der Waals surface area contributed by atoms with Gasteiger partial charge in [0.15, 0.2) is 16.8 Å². The number of carbonyl (C=O) groups excluding carboxylic acids is 1. The predicted octanol–water partition coefficient (Wildman–Crippen LogP) is 2.15. The van der Waals surface area contributed by atoms with Crippen molar-refractivity contribution < 1.29 is 14.2 Å². The number of aryl methyl sites for hydroxylation is 1. The molecule has 1 atom stereocenters. The quantitative estimate of drug-likeness (QED) is 0.568. The van der Waals surface area contributed by atoms with Crippen LogP contribution in [0.3, 0.4) is 0 Å². The Labute approximate surface area is 172 Å². The van der Waals surface area contributed by atoms with Crippen LogP contribution < -0.4 is 10.2 Å². The lowest BCUT2D eigenvalue weighted by Crippen LogP contribution is -3.05. The number of thioether (sulfide) groups is 1. The molecule has 0 saturated carbocycles. The van der Waals surface area contributed by atoms with Crippen LogP contribution in [0, 0.1) is 6.92 Å². The van der Waals surface area contributed by atoms with Gasteiger partial charge in [0.25, 0.3) is 0 Å². The van der Waals surface area contributed by atoms with E-state index in [1.54, 1.807) is 13.0 Å². The van der Waals surface area contributed by atoms with Crippen LogP contribution in [-0.4, -0.2) is 45.7 Å². The first-order valence-corrected chi connectivity index (χ1v) is 10.1. The van der Waals surface area contributed by atoms with Crippen LogP contribution in [0.2, 0.25) is 5.02 Å². The standard InChI is InChI=1S/C18H21ClN6O2S/c1-11-9-15(23-27-11)20-16(26)10-28-18-22-21-17(12(2)24(3)4)25(18)14-7-5-13(19)6-8-14/h5-9,12H,10H2,1-4H3,(H,20,23,26)/p+1/t12-/m1/s1. The number of benzene rings is 1. The minimum absolute atomic E-state index is 0.115. The third kappa shape index (κ3) is 4.73. The zero-order valence-electron chi connectivity index (χ0n) is 16.1. The number of rotatable bonds is 7. The number of anilines is 1. The molecular formula is C18H22ClN6O2S+. The summed E-state index contributed by atoms with van der Waals surface area (Å²) < 4.78 is 6.92. The van der Waals surface area contributed by atoms with Crippen molar-refractivity contribution >= 4 is 35.1 Å². The smallest absolute Gasteiger partial charge is 0.236 e. The van der Waals surface area contributed by atoms with E-state index in [-0.39, 0.29) is 17.7 Å². The summed E-state index contributed by atoms with van der Waals surface area (Å²) in [6.07, 6.45) is 0. The average molecular weight is 422 g/mol. The van der Waals surface area contributed by atoms with Gasteiger partial charge in [-0.2, -0.15) is 0 Å². The molecule has 0 unspecified atom stereocenters. The number of aromatic nitrogens is 4. The van der Waals surface area contributed by atoms with Gasteiger partial charge in [0, 0.05) is 16.8 Å². The number of nitrogens with zero attached hydrogens (tertiary/aromatic N) is 4. The van der Waals surface area contributed by atoms with Crippen LogP contribution in [0.1, 0.15) is 24.6 Å². The van der Waals surface area contributed by atoms with Gasteiger partial charge in [0.2, 0.25) is 5.91 Å². The molecule has 1 amide bonds. The molecule has 2 aromatic heterocycles. The van der Waals surface area contributed by atoms with Crippen molar-refractivity contribution in [2.24, 2.45) is 0 Å². The number of quaternary nitrogens is 1. The van der Waals surface area contributed by atoms with Crippen molar-refractivity contribution in [3.8, 4) is 5.69 Å². The number of hydrogen-bond donors (Lipinski definition) is 2. The van der Waals surface area contributed by atoms with Gasteiger partial charge in [-0.15, -0.1) is 10.2 Å². The molecule has 148 valence electrons. The maximum Gasteiger partial charge on any atom is 0.236 e. The van der Waals surface area contributed by atoms with E-state index < -0.39 is 0 Å². The Morgan fingerprint density at radius 3 is 2.64 bits per heavy atom. The molecule has 3 rings (SSSR count). The van der Waals surface area contributed by atoms with Crippen molar-refractivity contribution in [1.29, 1.82) is 0 Å². The summed E-state index contributed by atoms with van der Waals surface area (Å²) >= 11 is 7.34. The largest absolute Gasteiger partial charge is 0.360 e.